The Kier molecular flexibility index (Phi) is 4.61. The minimum atomic E-state index is -0.316. The summed E-state index contributed by atoms with van der Waals surface area (Å²) in [7, 11) is 0. The maximum Gasteiger partial charge on any atom is 0.236 e. The van der Waals surface area contributed by atoms with E-state index in [1.807, 2.05) is 18.2 Å². The lowest BCUT2D eigenvalue weighted by molar-refractivity contribution is -0.113. The van der Waals surface area contributed by atoms with E-state index in [4.69, 9.17) is 11.6 Å². The van der Waals surface area contributed by atoms with Crippen LogP contribution in [0.3, 0.4) is 0 Å². The molecule has 0 aliphatic carbocycles. The zero-order valence-corrected chi connectivity index (χ0v) is 13.6. The first-order valence-electron chi connectivity index (χ1n) is 6.35. The molecule has 0 fully saturated rings. The van der Waals surface area contributed by atoms with Crippen molar-refractivity contribution < 1.29 is 9.18 Å². The first-order chi connectivity index (χ1) is 10.6. The highest BCUT2D eigenvalue weighted by Gasteiger charge is 2.10. The SMILES string of the molecule is O=C(CSc1ccccc1Cl)Nc1nc2ccc(F)cc2s1. The zero-order chi connectivity index (χ0) is 15.5. The smallest absolute Gasteiger partial charge is 0.236 e. The topological polar surface area (TPSA) is 42.0 Å². The average molecular weight is 353 g/mol. The first-order valence-corrected chi connectivity index (χ1v) is 8.53. The van der Waals surface area contributed by atoms with Crippen LogP contribution >= 0.6 is 34.7 Å². The molecule has 0 spiro atoms. The third-order valence-electron chi connectivity index (χ3n) is 2.79. The predicted molar refractivity (Wildman–Crippen MR) is 90.4 cm³/mol. The normalized spacial score (nSPS) is 10.8. The second-order valence-electron chi connectivity index (χ2n) is 4.40. The van der Waals surface area contributed by atoms with Gasteiger partial charge in [-0.1, -0.05) is 35.1 Å². The predicted octanol–water partition coefficient (Wildman–Crippen LogP) is 4.82. The Morgan fingerprint density at radius 3 is 2.95 bits per heavy atom. The van der Waals surface area contributed by atoms with Crippen molar-refractivity contribution in [3.63, 3.8) is 0 Å². The molecular formula is C15H10ClFN2OS2. The van der Waals surface area contributed by atoms with Crippen LogP contribution in [0.15, 0.2) is 47.4 Å². The van der Waals surface area contributed by atoms with Gasteiger partial charge < -0.3 is 5.32 Å². The molecule has 1 N–H and O–H groups in total. The fourth-order valence-corrected chi connectivity index (χ4v) is 3.76. The molecule has 0 saturated carbocycles. The summed E-state index contributed by atoms with van der Waals surface area (Å²) in [5, 5.41) is 3.81. The van der Waals surface area contributed by atoms with E-state index in [1.165, 1.54) is 35.2 Å². The molecule has 1 heterocycles. The molecule has 3 nitrogen and oxygen atoms in total. The van der Waals surface area contributed by atoms with Crippen LogP contribution in [0, 0.1) is 5.82 Å². The maximum absolute atomic E-state index is 13.1. The first kappa shape index (κ1) is 15.3. The number of nitrogens with zero attached hydrogens (tertiary/aromatic N) is 1. The van der Waals surface area contributed by atoms with Gasteiger partial charge in [0.15, 0.2) is 5.13 Å². The van der Waals surface area contributed by atoms with Crippen molar-refractivity contribution in [2.75, 3.05) is 11.1 Å². The van der Waals surface area contributed by atoms with Crippen LogP contribution < -0.4 is 5.32 Å². The Morgan fingerprint density at radius 1 is 1.32 bits per heavy atom. The number of amides is 1. The van der Waals surface area contributed by atoms with E-state index in [9.17, 15) is 9.18 Å². The van der Waals surface area contributed by atoms with Crippen molar-refractivity contribution in [2.45, 2.75) is 4.90 Å². The second-order valence-corrected chi connectivity index (χ2v) is 6.85. The Bertz CT molecular complexity index is 837. The Morgan fingerprint density at radius 2 is 2.14 bits per heavy atom. The molecule has 0 aliphatic heterocycles. The number of thioether (sulfide) groups is 1. The van der Waals surface area contributed by atoms with Crippen molar-refractivity contribution in [3.8, 4) is 0 Å². The van der Waals surface area contributed by atoms with Crippen LogP contribution in [-0.4, -0.2) is 16.6 Å². The van der Waals surface area contributed by atoms with Gasteiger partial charge in [0.1, 0.15) is 5.82 Å². The van der Waals surface area contributed by atoms with Crippen LogP contribution in [0.2, 0.25) is 5.02 Å². The van der Waals surface area contributed by atoms with Gasteiger partial charge in [0.2, 0.25) is 5.91 Å². The van der Waals surface area contributed by atoms with Gasteiger partial charge in [-0.15, -0.1) is 11.8 Å². The number of carbonyl (C=O) groups is 1. The molecule has 3 aromatic rings. The van der Waals surface area contributed by atoms with Crippen LogP contribution in [0.4, 0.5) is 9.52 Å². The number of rotatable bonds is 4. The monoisotopic (exact) mass is 352 g/mol. The second kappa shape index (κ2) is 6.64. The number of halogens is 2. The molecule has 7 heteroatoms. The van der Waals surface area contributed by atoms with E-state index < -0.39 is 0 Å². The Balaban J connectivity index is 1.64. The van der Waals surface area contributed by atoms with E-state index in [-0.39, 0.29) is 17.5 Å². The summed E-state index contributed by atoms with van der Waals surface area (Å²) >= 11 is 8.64. The van der Waals surface area contributed by atoms with Crippen LogP contribution in [0.5, 0.6) is 0 Å². The molecule has 0 aliphatic rings. The Hall–Kier alpha value is -1.63. The summed E-state index contributed by atoms with van der Waals surface area (Å²) in [4.78, 5) is 17.1. The molecule has 3 rings (SSSR count). The van der Waals surface area contributed by atoms with E-state index in [0.29, 0.717) is 20.4 Å². The highest BCUT2D eigenvalue weighted by molar-refractivity contribution is 8.00. The lowest BCUT2D eigenvalue weighted by Crippen LogP contribution is -2.13. The fourth-order valence-electron chi connectivity index (χ4n) is 1.81. The zero-order valence-electron chi connectivity index (χ0n) is 11.2. The molecule has 112 valence electrons. The van der Waals surface area contributed by atoms with Crippen molar-refractivity contribution in [1.82, 2.24) is 4.98 Å². The number of aromatic nitrogens is 1. The third-order valence-corrected chi connectivity index (χ3v) is 5.24. The van der Waals surface area contributed by atoms with E-state index in [0.717, 1.165) is 4.90 Å². The molecule has 0 unspecified atom stereocenters. The summed E-state index contributed by atoms with van der Waals surface area (Å²) in [6.07, 6.45) is 0. The van der Waals surface area contributed by atoms with Gasteiger partial charge in [-0.05, 0) is 30.3 Å². The third kappa shape index (κ3) is 3.58. The highest BCUT2D eigenvalue weighted by atomic mass is 35.5. The number of benzene rings is 2. The van der Waals surface area contributed by atoms with Crippen LogP contribution in [-0.2, 0) is 4.79 Å². The van der Waals surface area contributed by atoms with E-state index in [1.54, 1.807) is 12.1 Å². The van der Waals surface area contributed by atoms with Crippen molar-refractivity contribution in [2.24, 2.45) is 0 Å². The van der Waals surface area contributed by atoms with Gasteiger partial charge in [-0.2, -0.15) is 0 Å². The number of hydrogen-bond donors (Lipinski definition) is 1. The fraction of sp³-hybridized carbons (Fsp3) is 0.0667. The van der Waals surface area contributed by atoms with Gasteiger partial charge in [0.05, 0.1) is 21.0 Å². The van der Waals surface area contributed by atoms with Gasteiger partial charge >= 0.3 is 0 Å². The van der Waals surface area contributed by atoms with Crippen LogP contribution in [0.1, 0.15) is 0 Å². The van der Waals surface area contributed by atoms with E-state index >= 15 is 0 Å². The summed E-state index contributed by atoms with van der Waals surface area (Å²) < 4.78 is 13.8. The van der Waals surface area contributed by atoms with Crippen LogP contribution in [0.25, 0.3) is 10.2 Å². The number of hydrogen-bond acceptors (Lipinski definition) is 4. The summed E-state index contributed by atoms with van der Waals surface area (Å²) in [5.41, 5.74) is 0.667. The molecule has 0 saturated heterocycles. The van der Waals surface area contributed by atoms with Crippen molar-refractivity contribution in [3.05, 3.63) is 53.3 Å². The number of carbonyl (C=O) groups excluding carboxylic acids is 1. The lowest BCUT2D eigenvalue weighted by atomic mass is 10.3. The quantitative estimate of drug-likeness (QED) is 0.684. The molecular weight excluding hydrogens is 343 g/mol. The van der Waals surface area contributed by atoms with Gasteiger partial charge in [-0.25, -0.2) is 9.37 Å². The highest BCUT2D eigenvalue weighted by Crippen LogP contribution is 2.28. The lowest BCUT2D eigenvalue weighted by Gasteiger charge is -2.03. The number of fused-ring (bicyclic) bond motifs is 1. The molecule has 22 heavy (non-hydrogen) atoms. The number of anilines is 1. The Labute approximate surface area is 139 Å². The number of thiazole rings is 1. The minimum absolute atomic E-state index is 0.176. The summed E-state index contributed by atoms with van der Waals surface area (Å²) in [6.45, 7) is 0. The minimum Gasteiger partial charge on any atom is -0.301 e. The van der Waals surface area contributed by atoms with Gasteiger partial charge in [-0.3, -0.25) is 4.79 Å². The molecule has 1 amide bonds. The largest absolute Gasteiger partial charge is 0.301 e. The molecule has 0 radical (unpaired) electrons. The number of nitrogens with one attached hydrogen (secondary N) is 1. The van der Waals surface area contributed by atoms with E-state index in [2.05, 4.69) is 10.3 Å². The summed E-state index contributed by atoms with van der Waals surface area (Å²) in [6, 6.07) is 11.7. The van der Waals surface area contributed by atoms with Gasteiger partial charge in [0.25, 0.3) is 0 Å². The van der Waals surface area contributed by atoms with Gasteiger partial charge in [0, 0.05) is 4.90 Å². The molecule has 0 atom stereocenters. The maximum atomic E-state index is 13.1. The van der Waals surface area contributed by atoms with Crippen molar-refractivity contribution >= 4 is 56.0 Å². The molecule has 2 aromatic carbocycles. The molecule has 1 aromatic heterocycles. The molecule has 0 bridgehead atoms. The van der Waals surface area contributed by atoms with Crippen molar-refractivity contribution in [1.29, 1.82) is 0 Å². The average Bonchev–Trinajstić information content (AvgIpc) is 2.87. The summed E-state index contributed by atoms with van der Waals surface area (Å²) in [5.74, 6) is -0.263. The standard InChI is InChI=1S/C15H10ClFN2OS2/c16-10-3-1-2-4-12(10)21-8-14(20)19-15-18-11-6-5-9(17)7-13(11)22-15/h1-7H,8H2,(H,18,19,20).